The zero-order valence-electron chi connectivity index (χ0n) is 16.1. The Labute approximate surface area is 188 Å². The molecule has 160 valence electrons. The Bertz CT molecular complexity index is 800. The highest BCUT2D eigenvalue weighted by molar-refractivity contribution is 6.33. The molecule has 2 aromatic rings. The number of carbonyl (C=O) groups is 1. The van der Waals surface area contributed by atoms with E-state index in [0.29, 0.717) is 54.7 Å². The van der Waals surface area contributed by atoms with E-state index in [2.05, 4.69) is 4.90 Å². The highest BCUT2D eigenvalue weighted by atomic mass is 35.5. The molecule has 1 unspecified atom stereocenters. The number of nitrogens with two attached hydrogens (primary N) is 1. The number of anilines is 1. The lowest BCUT2D eigenvalue weighted by molar-refractivity contribution is 0.0525. The molecule has 2 aromatic carbocycles. The van der Waals surface area contributed by atoms with Crippen LogP contribution >= 0.6 is 36.4 Å². The van der Waals surface area contributed by atoms with E-state index in [1.165, 1.54) is 7.11 Å². The number of hydrogen-bond donors (Lipinski definition) is 2. The van der Waals surface area contributed by atoms with Gasteiger partial charge < -0.3 is 20.5 Å². The van der Waals surface area contributed by atoms with Crippen molar-refractivity contribution < 1.29 is 14.6 Å². The number of aliphatic hydroxyl groups excluding tert-OH is 1. The molecule has 1 heterocycles. The molecule has 1 fully saturated rings. The summed E-state index contributed by atoms with van der Waals surface area (Å²) in [6.45, 7) is 3.08. The molecule has 1 atom stereocenters. The summed E-state index contributed by atoms with van der Waals surface area (Å²) in [4.78, 5) is 16.8. The number of hydrogen-bond acceptors (Lipinski definition) is 5. The van der Waals surface area contributed by atoms with Crippen LogP contribution in [0.5, 0.6) is 5.75 Å². The van der Waals surface area contributed by atoms with Crippen LogP contribution in [0, 0.1) is 0 Å². The molecule has 0 radical (unpaired) electrons. The molecule has 0 aromatic heterocycles. The van der Waals surface area contributed by atoms with Crippen molar-refractivity contribution in [3.8, 4) is 5.75 Å². The number of benzene rings is 2. The van der Waals surface area contributed by atoms with Gasteiger partial charge in [-0.1, -0.05) is 41.9 Å². The third kappa shape index (κ3) is 6.14. The Hall–Kier alpha value is -1.70. The minimum atomic E-state index is -0.538. The maximum atomic E-state index is 12.9. The number of nitrogens with zero attached hydrogens (tertiary/aromatic N) is 2. The van der Waals surface area contributed by atoms with Gasteiger partial charge in [-0.15, -0.1) is 24.8 Å². The van der Waals surface area contributed by atoms with Gasteiger partial charge in [0.15, 0.2) is 0 Å². The van der Waals surface area contributed by atoms with Crippen LogP contribution in [0.25, 0.3) is 0 Å². The first-order valence-corrected chi connectivity index (χ1v) is 9.25. The summed E-state index contributed by atoms with van der Waals surface area (Å²) in [6.07, 6.45) is -0.538. The lowest BCUT2D eigenvalue weighted by Gasteiger charge is -2.36. The number of piperazine rings is 1. The van der Waals surface area contributed by atoms with Crippen molar-refractivity contribution in [2.24, 2.45) is 0 Å². The second kappa shape index (κ2) is 11.5. The van der Waals surface area contributed by atoms with Crippen molar-refractivity contribution >= 4 is 48.0 Å². The first-order chi connectivity index (χ1) is 13.0. The van der Waals surface area contributed by atoms with Gasteiger partial charge in [0.25, 0.3) is 5.91 Å². The number of β-amino-alcohol motifs (C(OH)–C–C–N with tert-alkyl or cyclic N) is 1. The molecule has 0 saturated carbocycles. The van der Waals surface area contributed by atoms with Crippen LogP contribution < -0.4 is 10.5 Å². The van der Waals surface area contributed by atoms with Crippen LogP contribution in [0.2, 0.25) is 5.02 Å². The number of nitrogen functional groups attached to an aromatic ring is 1. The fourth-order valence-electron chi connectivity index (χ4n) is 3.23. The topological polar surface area (TPSA) is 79.0 Å². The number of carbonyl (C=O) groups excluding carboxylic acids is 1. The van der Waals surface area contributed by atoms with Crippen LogP contribution in [-0.4, -0.2) is 60.6 Å². The summed E-state index contributed by atoms with van der Waals surface area (Å²) >= 11 is 6.08. The molecule has 0 spiro atoms. The van der Waals surface area contributed by atoms with Crippen molar-refractivity contribution in [1.82, 2.24) is 9.80 Å². The largest absolute Gasteiger partial charge is 0.496 e. The number of ether oxygens (including phenoxy) is 1. The number of rotatable bonds is 5. The average molecular weight is 463 g/mol. The van der Waals surface area contributed by atoms with Crippen molar-refractivity contribution in [2.45, 2.75) is 6.10 Å². The van der Waals surface area contributed by atoms with E-state index in [0.717, 1.165) is 5.56 Å². The van der Waals surface area contributed by atoms with E-state index in [1.54, 1.807) is 17.0 Å². The fourth-order valence-corrected chi connectivity index (χ4v) is 3.40. The number of amides is 1. The first-order valence-electron chi connectivity index (χ1n) is 8.87. The summed E-state index contributed by atoms with van der Waals surface area (Å²) in [5.41, 5.74) is 7.48. The van der Waals surface area contributed by atoms with Crippen molar-refractivity contribution in [3.63, 3.8) is 0 Å². The average Bonchev–Trinajstić information content (AvgIpc) is 2.70. The van der Waals surface area contributed by atoms with Gasteiger partial charge in [-0.25, -0.2) is 0 Å². The Balaban J connectivity index is 0.00000210. The van der Waals surface area contributed by atoms with E-state index in [9.17, 15) is 9.90 Å². The SMILES string of the molecule is COc1cc(N)c(Cl)cc1C(=O)N1CCN(CC(O)c2ccccc2)CC1.Cl.Cl. The molecular formula is C20H26Cl3N3O3. The molecular weight excluding hydrogens is 437 g/mol. The third-order valence-electron chi connectivity index (χ3n) is 4.82. The van der Waals surface area contributed by atoms with Crippen LogP contribution in [0.3, 0.4) is 0 Å². The molecule has 29 heavy (non-hydrogen) atoms. The predicted octanol–water partition coefficient (Wildman–Crippen LogP) is 3.27. The predicted molar refractivity (Wildman–Crippen MR) is 121 cm³/mol. The van der Waals surface area contributed by atoms with Crippen LogP contribution in [0.1, 0.15) is 22.0 Å². The lowest BCUT2D eigenvalue weighted by Crippen LogP contribution is -2.49. The van der Waals surface area contributed by atoms with Gasteiger partial charge in [-0.2, -0.15) is 0 Å². The van der Waals surface area contributed by atoms with Crippen LogP contribution in [0.4, 0.5) is 5.69 Å². The number of aliphatic hydroxyl groups is 1. The van der Waals surface area contributed by atoms with E-state index < -0.39 is 6.10 Å². The van der Waals surface area contributed by atoms with E-state index in [4.69, 9.17) is 22.1 Å². The van der Waals surface area contributed by atoms with Crippen LogP contribution in [-0.2, 0) is 0 Å². The Morgan fingerprint density at radius 1 is 1.17 bits per heavy atom. The zero-order chi connectivity index (χ0) is 19.4. The van der Waals surface area contributed by atoms with Gasteiger partial charge in [-0.05, 0) is 11.6 Å². The summed E-state index contributed by atoms with van der Waals surface area (Å²) in [6, 6.07) is 12.7. The molecule has 1 aliphatic heterocycles. The molecule has 6 nitrogen and oxygen atoms in total. The van der Waals surface area contributed by atoms with Crippen LogP contribution in [0.15, 0.2) is 42.5 Å². The van der Waals surface area contributed by atoms with Gasteiger partial charge in [-0.3, -0.25) is 9.69 Å². The van der Waals surface area contributed by atoms with Crippen molar-refractivity contribution in [3.05, 3.63) is 58.6 Å². The van der Waals surface area contributed by atoms with Gasteiger partial charge in [0.2, 0.25) is 0 Å². The highest BCUT2D eigenvalue weighted by Crippen LogP contribution is 2.30. The summed E-state index contributed by atoms with van der Waals surface area (Å²) in [5.74, 6) is 0.292. The Morgan fingerprint density at radius 3 is 2.38 bits per heavy atom. The fraction of sp³-hybridized carbons (Fsp3) is 0.350. The van der Waals surface area contributed by atoms with E-state index in [-0.39, 0.29) is 30.7 Å². The molecule has 3 N–H and O–H groups in total. The first kappa shape index (κ1) is 25.3. The standard InChI is InChI=1S/C20H24ClN3O3.2ClH/c1-27-19-12-17(22)16(21)11-15(19)20(26)24-9-7-23(8-10-24)13-18(25)14-5-3-2-4-6-14;;/h2-6,11-12,18,25H,7-10,13,22H2,1H3;2*1H. The molecule has 1 amide bonds. The zero-order valence-corrected chi connectivity index (χ0v) is 18.5. The number of methoxy groups -OCH3 is 1. The lowest BCUT2D eigenvalue weighted by atomic mass is 10.1. The summed E-state index contributed by atoms with van der Waals surface area (Å²) < 4.78 is 5.29. The molecule has 0 bridgehead atoms. The van der Waals surface area contributed by atoms with E-state index >= 15 is 0 Å². The van der Waals surface area contributed by atoms with Gasteiger partial charge in [0.1, 0.15) is 5.75 Å². The summed E-state index contributed by atoms with van der Waals surface area (Å²) in [5, 5.41) is 10.7. The Morgan fingerprint density at radius 2 is 1.79 bits per heavy atom. The summed E-state index contributed by atoms with van der Waals surface area (Å²) in [7, 11) is 1.50. The van der Waals surface area contributed by atoms with Gasteiger partial charge in [0, 0.05) is 38.8 Å². The normalized spacial score (nSPS) is 15.1. The molecule has 9 heteroatoms. The van der Waals surface area contributed by atoms with Gasteiger partial charge >= 0.3 is 0 Å². The van der Waals surface area contributed by atoms with Crippen molar-refractivity contribution in [2.75, 3.05) is 45.6 Å². The maximum absolute atomic E-state index is 12.9. The minimum absolute atomic E-state index is 0. The highest BCUT2D eigenvalue weighted by Gasteiger charge is 2.26. The molecule has 1 saturated heterocycles. The molecule has 0 aliphatic carbocycles. The smallest absolute Gasteiger partial charge is 0.257 e. The van der Waals surface area contributed by atoms with Crippen molar-refractivity contribution in [1.29, 1.82) is 0 Å². The second-order valence-electron chi connectivity index (χ2n) is 6.59. The maximum Gasteiger partial charge on any atom is 0.257 e. The minimum Gasteiger partial charge on any atom is -0.496 e. The van der Waals surface area contributed by atoms with E-state index in [1.807, 2.05) is 30.3 Å². The number of halogens is 3. The molecule has 3 rings (SSSR count). The van der Waals surface area contributed by atoms with Gasteiger partial charge in [0.05, 0.1) is 29.5 Å². The Kier molecular flexibility index (Phi) is 10.0. The quantitative estimate of drug-likeness (QED) is 0.667. The molecule has 1 aliphatic rings. The second-order valence-corrected chi connectivity index (χ2v) is 7.00. The monoisotopic (exact) mass is 461 g/mol. The third-order valence-corrected chi connectivity index (χ3v) is 5.15.